The number of urea groups is 1. The predicted octanol–water partition coefficient (Wildman–Crippen LogP) is 2.32. The number of likely N-dealkylation sites (tertiary alicyclic amines) is 1. The van der Waals surface area contributed by atoms with Crippen molar-refractivity contribution in [3.63, 3.8) is 0 Å². The van der Waals surface area contributed by atoms with Crippen LogP contribution in [0, 0.1) is 0 Å². The molecular formula is C15H15N5O2S. The maximum atomic E-state index is 12.1. The molecule has 3 aromatic rings. The second-order valence-corrected chi connectivity index (χ2v) is 6.29. The first kappa shape index (κ1) is 14.0. The first-order chi connectivity index (χ1) is 11.2. The number of hydrogen-bond donors (Lipinski definition) is 1. The number of anilines is 1. The van der Waals surface area contributed by atoms with Crippen molar-refractivity contribution in [3.05, 3.63) is 36.0 Å². The van der Waals surface area contributed by atoms with Gasteiger partial charge in [0.15, 0.2) is 5.82 Å². The summed E-state index contributed by atoms with van der Waals surface area (Å²) in [5, 5.41) is 6.89. The minimum Gasteiger partial charge on any atom is -0.484 e. The van der Waals surface area contributed by atoms with Crippen LogP contribution in [0.25, 0.3) is 10.2 Å². The van der Waals surface area contributed by atoms with E-state index in [0.717, 1.165) is 16.0 Å². The predicted molar refractivity (Wildman–Crippen MR) is 87.8 cm³/mol. The summed E-state index contributed by atoms with van der Waals surface area (Å²) in [4.78, 5) is 18.1. The van der Waals surface area contributed by atoms with Crippen LogP contribution < -0.4 is 10.1 Å². The van der Waals surface area contributed by atoms with Crippen LogP contribution >= 0.6 is 11.3 Å². The van der Waals surface area contributed by atoms with E-state index in [1.54, 1.807) is 33.2 Å². The van der Waals surface area contributed by atoms with E-state index in [-0.39, 0.29) is 12.1 Å². The summed E-state index contributed by atoms with van der Waals surface area (Å²) in [6.45, 7) is 1.11. The van der Waals surface area contributed by atoms with Crippen molar-refractivity contribution in [2.24, 2.45) is 7.05 Å². The van der Waals surface area contributed by atoms with Gasteiger partial charge in [0.1, 0.15) is 17.4 Å². The first-order valence-electron chi connectivity index (χ1n) is 7.23. The second kappa shape index (κ2) is 5.54. The maximum absolute atomic E-state index is 12.1. The molecule has 118 valence electrons. The lowest BCUT2D eigenvalue weighted by Gasteiger charge is -2.38. The molecule has 1 fully saturated rings. The van der Waals surface area contributed by atoms with E-state index in [1.165, 1.54) is 0 Å². The van der Waals surface area contributed by atoms with Gasteiger partial charge in [-0.15, -0.1) is 11.3 Å². The van der Waals surface area contributed by atoms with Gasteiger partial charge >= 0.3 is 6.03 Å². The third-order valence-electron chi connectivity index (χ3n) is 3.70. The molecule has 1 N–H and O–H groups in total. The Morgan fingerprint density at radius 3 is 3.04 bits per heavy atom. The molecule has 0 radical (unpaired) electrons. The average molecular weight is 329 g/mol. The standard InChI is InChI=1S/C15H15N5O2S/c1-19-6-5-13(18-19)17-15(21)20-7-10(8-20)22-11-3-2-4-12-14(11)16-9-23-12/h2-6,9-10H,7-8H2,1H3,(H,17,18,21). The van der Waals surface area contributed by atoms with Gasteiger partial charge in [0, 0.05) is 19.3 Å². The average Bonchev–Trinajstić information content (AvgIpc) is 3.11. The number of aryl methyl sites for hydroxylation is 1. The topological polar surface area (TPSA) is 72.3 Å². The fraction of sp³-hybridized carbons (Fsp3) is 0.267. The summed E-state index contributed by atoms with van der Waals surface area (Å²) in [6, 6.07) is 7.50. The SMILES string of the molecule is Cn1ccc(NC(=O)N2CC(Oc3cccc4scnc34)C2)n1. The fourth-order valence-corrected chi connectivity index (χ4v) is 3.18. The summed E-state index contributed by atoms with van der Waals surface area (Å²) in [6.07, 6.45) is 1.78. The number of aromatic nitrogens is 3. The minimum atomic E-state index is -0.157. The molecule has 1 aromatic carbocycles. The molecule has 2 aromatic heterocycles. The van der Waals surface area contributed by atoms with Gasteiger partial charge in [0.25, 0.3) is 0 Å². The van der Waals surface area contributed by atoms with Crippen molar-refractivity contribution in [2.75, 3.05) is 18.4 Å². The molecule has 2 amide bonds. The summed E-state index contributed by atoms with van der Waals surface area (Å²) >= 11 is 1.59. The Hall–Kier alpha value is -2.61. The van der Waals surface area contributed by atoms with Crippen molar-refractivity contribution >= 4 is 33.4 Å². The summed E-state index contributed by atoms with van der Waals surface area (Å²) in [7, 11) is 1.81. The monoisotopic (exact) mass is 329 g/mol. The van der Waals surface area contributed by atoms with Gasteiger partial charge in [-0.05, 0) is 12.1 Å². The third kappa shape index (κ3) is 2.72. The molecule has 7 nitrogen and oxygen atoms in total. The molecule has 3 heterocycles. The molecule has 1 aliphatic heterocycles. The van der Waals surface area contributed by atoms with Crippen LogP contribution in [-0.4, -0.2) is 44.9 Å². The molecule has 1 aliphatic rings. The Morgan fingerprint density at radius 2 is 2.26 bits per heavy atom. The lowest BCUT2D eigenvalue weighted by Crippen LogP contribution is -2.57. The summed E-state index contributed by atoms with van der Waals surface area (Å²) in [5.74, 6) is 1.33. The minimum absolute atomic E-state index is 0.00298. The van der Waals surface area contributed by atoms with E-state index in [2.05, 4.69) is 15.4 Å². The zero-order chi connectivity index (χ0) is 15.8. The van der Waals surface area contributed by atoms with Crippen LogP contribution in [0.15, 0.2) is 36.0 Å². The molecule has 1 saturated heterocycles. The molecule has 0 unspecified atom stereocenters. The van der Waals surface area contributed by atoms with E-state index in [4.69, 9.17) is 4.74 Å². The number of fused-ring (bicyclic) bond motifs is 1. The highest BCUT2D eigenvalue weighted by Gasteiger charge is 2.33. The smallest absolute Gasteiger partial charge is 0.323 e. The molecule has 0 bridgehead atoms. The van der Waals surface area contributed by atoms with Crippen LogP contribution in [0.5, 0.6) is 5.75 Å². The van der Waals surface area contributed by atoms with Crippen LogP contribution in [0.3, 0.4) is 0 Å². The van der Waals surface area contributed by atoms with Gasteiger partial charge in [-0.25, -0.2) is 9.78 Å². The van der Waals surface area contributed by atoms with Crippen molar-refractivity contribution in [3.8, 4) is 5.75 Å². The number of nitrogens with zero attached hydrogens (tertiary/aromatic N) is 4. The van der Waals surface area contributed by atoms with Crippen molar-refractivity contribution in [2.45, 2.75) is 6.10 Å². The van der Waals surface area contributed by atoms with E-state index >= 15 is 0 Å². The van der Waals surface area contributed by atoms with Crippen molar-refractivity contribution in [1.29, 1.82) is 0 Å². The van der Waals surface area contributed by atoms with Crippen LogP contribution in [0.4, 0.5) is 10.6 Å². The number of carbonyl (C=O) groups excluding carboxylic acids is 1. The largest absolute Gasteiger partial charge is 0.484 e. The van der Waals surface area contributed by atoms with Crippen LogP contribution in [0.1, 0.15) is 0 Å². The lowest BCUT2D eigenvalue weighted by molar-refractivity contribution is 0.0502. The second-order valence-electron chi connectivity index (χ2n) is 5.40. The zero-order valence-electron chi connectivity index (χ0n) is 12.5. The molecule has 0 saturated carbocycles. The number of thiazole rings is 1. The van der Waals surface area contributed by atoms with Crippen LogP contribution in [-0.2, 0) is 7.05 Å². The Balaban J connectivity index is 1.34. The van der Waals surface area contributed by atoms with Crippen molar-refractivity contribution < 1.29 is 9.53 Å². The Kier molecular flexibility index (Phi) is 3.38. The van der Waals surface area contributed by atoms with E-state index < -0.39 is 0 Å². The van der Waals surface area contributed by atoms with E-state index in [9.17, 15) is 4.79 Å². The van der Waals surface area contributed by atoms with Gasteiger partial charge in [0.2, 0.25) is 0 Å². The Bertz CT molecular complexity index is 852. The van der Waals surface area contributed by atoms with E-state index in [1.807, 2.05) is 30.8 Å². The number of amides is 2. The van der Waals surface area contributed by atoms with Gasteiger partial charge in [0.05, 0.1) is 23.3 Å². The number of nitrogens with one attached hydrogen (secondary N) is 1. The molecule has 8 heteroatoms. The number of ether oxygens (including phenoxy) is 1. The number of rotatable bonds is 3. The maximum Gasteiger partial charge on any atom is 0.323 e. The zero-order valence-corrected chi connectivity index (χ0v) is 13.3. The molecule has 0 spiro atoms. The van der Waals surface area contributed by atoms with Crippen molar-refractivity contribution in [1.82, 2.24) is 19.7 Å². The van der Waals surface area contributed by atoms with Gasteiger partial charge in [-0.3, -0.25) is 10.00 Å². The summed E-state index contributed by atoms with van der Waals surface area (Å²) in [5.41, 5.74) is 2.69. The van der Waals surface area contributed by atoms with Gasteiger partial charge in [-0.1, -0.05) is 6.07 Å². The number of hydrogen-bond acceptors (Lipinski definition) is 5. The highest BCUT2D eigenvalue weighted by atomic mass is 32.1. The normalized spacial score (nSPS) is 14.7. The Morgan fingerprint density at radius 1 is 1.39 bits per heavy atom. The molecule has 23 heavy (non-hydrogen) atoms. The molecular weight excluding hydrogens is 314 g/mol. The number of benzene rings is 1. The molecule has 0 aliphatic carbocycles. The number of carbonyl (C=O) groups is 1. The van der Waals surface area contributed by atoms with E-state index in [0.29, 0.717) is 18.9 Å². The van der Waals surface area contributed by atoms with Gasteiger partial charge in [-0.2, -0.15) is 5.10 Å². The van der Waals surface area contributed by atoms with Gasteiger partial charge < -0.3 is 9.64 Å². The highest BCUT2D eigenvalue weighted by molar-refractivity contribution is 7.16. The number of para-hydroxylation sites is 1. The quantitative estimate of drug-likeness (QED) is 0.800. The third-order valence-corrected chi connectivity index (χ3v) is 4.50. The fourth-order valence-electron chi connectivity index (χ4n) is 2.48. The first-order valence-corrected chi connectivity index (χ1v) is 8.11. The molecule has 4 rings (SSSR count). The molecule has 0 atom stereocenters. The highest BCUT2D eigenvalue weighted by Crippen LogP contribution is 2.29. The lowest BCUT2D eigenvalue weighted by atomic mass is 10.2. The summed E-state index contributed by atoms with van der Waals surface area (Å²) < 4.78 is 8.71. The Labute approximate surface area is 136 Å². The van der Waals surface area contributed by atoms with Crippen LogP contribution in [0.2, 0.25) is 0 Å².